The number of aromatic nitrogens is 1. The van der Waals surface area contributed by atoms with E-state index < -0.39 is 17.2 Å². The fourth-order valence-electron chi connectivity index (χ4n) is 2.56. The highest BCUT2D eigenvalue weighted by Gasteiger charge is 2.31. The molecule has 0 spiro atoms. The van der Waals surface area contributed by atoms with Crippen LogP contribution < -0.4 is 0 Å². The van der Waals surface area contributed by atoms with E-state index in [1.165, 1.54) is 19.1 Å². The summed E-state index contributed by atoms with van der Waals surface area (Å²) in [5.41, 5.74) is -1.27. The molecule has 0 bridgehead atoms. The Morgan fingerprint density at radius 1 is 1.00 bits per heavy atom. The zero-order valence-electron chi connectivity index (χ0n) is 11.3. The van der Waals surface area contributed by atoms with Crippen molar-refractivity contribution in [1.82, 2.24) is 4.98 Å². The van der Waals surface area contributed by atoms with Gasteiger partial charge in [0.05, 0.1) is 0 Å². The fourth-order valence-corrected chi connectivity index (χ4v) is 2.56. The molecule has 1 atom stereocenters. The first-order valence-electron chi connectivity index (χ1n) is 6.52. The summed E-state index contributed by atoms with van der Waals surface area (Å²) in [6, 6.07) is 10.9. The van der Waals surface area contributed by atoms with Crippen molar-refractivity contribution in [3.63, 3.8) is 0 Å². The minimum atomic E-state index is -1.66. The van der Waals surface area contributed by atoms with Crippen molar-refractivity contribution in [3.8, 4) is 0 Å². The van der Waals surface area contributed by atoms with Crippen LogP contribution in [-0.2, 0) is 5.60 Å². The molecule has 1 N–H and O–H groups in total. The molecule has 1 unspecified atom stereocenters. The summed E-state index contributed by atoms with van der Waals surface area (Å²) in [5, 5.41) is 12.4. The molecule has 0 aliphatic carbocycles. The summed E-state index contributed by atoms with van der Waals surface area (Å²) in [6.45, 7) is 1.45. The van der Waals surface area contributed by atoms with Gasteiger partial charge in [0.25, 0.3) is 0 Å². The molecule has 0 saturated carbocycles. The summed E-state index contributed by atoms with van der Waals surface area (Å²) >= 11 is 0. The van der Waals surface area contributed by atoms with Crippen molar-refractivity contribution in [2.24, 2.45) is 0 Å². The molecular weight excluding hydrogens is 272 g/mol. The number of pyridine rings is 1. The first-order valence-corrected chi connectivity index (χ1v) is 6.52. The second-order valence-electron chi connectivity index (χ2n) is 5.08. The number of nitrogens with zero attached hydrogens (tertiary/aromatic N) is 1. The Bertz CT molecular complexity index is 809. The van der Waals surface area contributed by atoms with Gasteiger partial charge in [0.15, 0.2) is 11.6 Å². The van der Waals surface area contributed by atoms with Crippen LogP contribution in [0.2, 0.25) is 0 Å². The molecule has 3 aromatic rings. The minimum absolute atomic E-state index is 0.0983. The van der Waals surface area contributed by atoms with E-state index in [1.54, 1.807) is 30.6 Å². The van der Waals surface area contributed by atoms with E-state index in [0.29, 0.717) is 10.9 Å². The van der Waals surface area contributed by atoms with E-state index in [0.717, 1.165) is 11.5 Å². The van der Waals surface area contributed by atoms with Gasteiger partial charge < -0.3 is 5.11 Å². The predicted molar refractivity (Wildman–Crippen MR) is 76.8 cm³/mol. The topological polar surface area (TPSA) is 33.1 Å². The highest BCUT2D eigenvalue weighted by molar-refractivity contribution is 5.86. The van der Waals surface area contributed by atoms with Gasteiger partial charge in [-0.3, -0.25) is 4.98 Å². The molecule has 4 heteroatoms. The van der Waals surface area contributed by atoms with Gasteiger partial charge in [-0.15, -0.1) is 0 Å². The zero-order valence-corrected chi connectivity index (χ0v) is 11.3. The molecule has 106 valence electrons. The SMILES string of the molecule is CC(O)(c1cccc(F)c1F)c1cccc2ccncc12. The van der Waals surface area contributed by atoms with E-state index in [9.17, 15) is 13.9 Å². The Morgan fingerprint density at radius 3 is 2.52 bits per heavy atom. The molecule has 0 saturated heterocycles. The number of aliphatic hydroxyl groups is 1. The maximum Gasteiger partial charge on any atom is 0.165 e. The highest BCUT2D eigenvalue weighted by Crippen LogP contribution is 2.35. The molecule has 1 aromatic heterocycles. The van der Waals surface area contributed by atoms with Gasteiger partial charge in [-0.25, -0.2) is 8.78 Å². The first-order chi connectivity index (χ1) is 10.0. The predicted octanol–water partition coefficient (Wildman–Crippen LogP) is 3.77. The highest BCUT2D eigenvalue weighted by atomic mass is 19.2. The van der Waals surface area contributed by atoms with Crippen LogP contribution in [0.15, 0.2) is 54.9 Å². The van der Waals surface area contributed by atoms with Crippen molar-refractivity contribution in [2.75, 3.05) is 0 Å². The van der Waals surface area contributed by atoms with E-state index in [1.807, 2.05) is 6.07 Å². The van der Waals surface area contributed by atoms with Crippen LogP contribution in [-0.4, -0.2) is 10.1 Å². The standard InChI is InChI=1S/C17H13F2NO/c1-17(21,14-6-3-7-15(18)16(14)19)13-5-2-4-11-8-9-20-10-12(11)13/h2-10,21H,1H3. The maximum atomic E-state index is 14.0. The van der Waals surface area contributed by atoms with E-state index >= 15 is 0 Å². The van der Waals surface area contributed by atoms with Gasteiger partial charge in [0.2, 0.25) is 0 Å². The fraction of sp³-hybridized carbons (Fsp3) is 0.118. The molecule has 0 aliphatic rings. The summed E-state index contributed by atoms with van der Waals surface area (Å²) in [4.78, 5) is 4.04. The van der Waals surface area contributed by atoms with Crippen molar-refractivity contribution in [1.29, 1.82) is 0 Å². The smallest absolute Gasteiger partial charge is 0.165 e. The van der Waals surface area contributed by atoms with Crippen LogP contribution >= 0.6 is 0 Å². The monoisotopic (exact) mass is 285 g/mol. The summed E-state index contributed by atoms with van der Waals surface area (Å²) in [5.74, 6) is -2.02. The molecule has 1 heterocycles. The molecule has 0 amide bonds. The van der Waals surface area contributed by atoms with Crippen LogP contribution in [0.3, 0.4) is 0 Å². The van der Waals surface area contributed by atoms with Gasteiger partial charge in [-0.2, -0.15) is 0 Å². The third kappa shape index (κ3) is 2.17. The second kappa shape index (κ2) is 4.90. The number of fused-ring (bicyclic) bond motifs is 1. The Kier molecular flexibility index (Phi) is 3.18. The van der Waals surface area contributed by atoms with Gasteiger partial charge in [0, 0.05) is 23.3 Å². The van der Waals surface area contributed by atoms with E-state index in [2.05, 4.69) is 4.98 Å². The molecule has 0 radical (unpaired) electrons. The lowest BCUT2D eigenvalue weighted by Crippen LogP contribution is -2.25. The zero-order chi connectivity index (χ0) is 15.0. The van der Waals surface area contributed by atoms with E-state index in [4.69, 9.17) is 0 Å². The Labute approximate surface area is 120 Å². The second-order valence-corrected chi connectivity index (χ2v) is 5.08. The average molecular weight is 285 g/mol. The third-order valence-electron chi connectivity index (χ3n) is 3.68. The quantitative estimate of drug-likeness (QED) is 0.777. The molecule has 2 aromatic carbocycles. The largest absolute Gasteiger partial charge is 0.381 e. The van der Waals surface area contributed by atoms with E-state index in [-0.39, 0.29) is 5.56 Å². The third-order valence-corrected chi connectivity index (χ3v) is 3.68. The minimum Gasteiger partial charge on any atom is -0.381 e. The molecular formula is C17H13F2NO. The van der Waals surface area contributed by atoms with Crippen LogP contribution in [0.5, 0.6) is 0 Å². The van der Waals surface area contributed by atoms with Gasteiger partial charge >= 0.3 is 0 Å². The molecule has 0 fully saturated rings. The lowest BCUT2D eigenvalue weighted by atomic mass is 9.85. The summed E-state index contributed by atoms with van der Waals surface area (Å²) in [6.07, 6.45) is 3.25. The van der Waals surface area contributed by atoms with Gasteiger partial charge in [0.1, 0.15) is 5.60 Å². The normalized spacial score (nSPS) is 14.1. The van der Waals surface area contributed by atoms with Crippen LogP contribution in [0.25, 0.3) is 10.8 Å². The maximum absolute atomic E-state index is 14.0. The summed E-state index contributed by atoms with van der Waals surface area (Å²) < 4.78 is 27.5. The number of halogens is 2. The number of hydrogen-bond donors (Lipinski definition) is 1. The van der Waals surface area contributed by atoms with Crippen molar-refractivity contribution < 1.29 is 13.9 Å². The summed E-state index contributed by atoms with van der Waals surface area (Å²) in [7, 11) is 0. The van der Waals surface area contributed by atoms with Crippen LogP contribution in [0.1, 0.15) is 18.1 Å². The Morgan fingerprint density at radius 2 is 1.71 bits per heavy atom. The average Bonchev–Trinajstić information content (AvgIpc) is 2.49. The number of rotatable bonds is 2. The molecule has 3 rings (SSSR count). The lowest BCUT2D eigenvalue weighted by Gasteiger charge is -2.26. The van der Waals surface area contributed by atoms with Crippen molar-refractivity contribution in [2.45, 2.75) is 12.5 Å². The lowest BCUT2D eigenvalue weighted by molar-refractivity contribution is 0.0986. The van der Waals surface area contributed by atoms with Gasteiger partial charge in [-0.1, -0.05) is 30.3 Å². The number of benzene rings is 2. The molecule has 2 nitrogen and oxygen atoms in total. The molecule has 0 aliphatic heterocycles. The Balaban J connectivity index is 2.27. The molecule has 21 heavy (non-hydrogen) atoms. The van der Waals surface area contributed by atoms with Crippen molar-refractivity contribution in [3.05, 3.63) is 77.6 Å². The Hall–Kier alpha value is -2.33. The van der Waals surface area contributed by atoms with Gasteiger partial charge in [-0.05, 0) is 30.0 Å². The number of hydrogen-bond acceptors (Lipinski definition) is 2. The van der Waals surface area contributed by atoms with Crippen LogP contribution in [0, 0.1) is 11.6 Å². The van der Waals surface area contributed by atoms with Crippen LogP contribution in [0.4, 0.5) is 8.78 Å². The van der Waals surface area contributed by atoms with Crippen molar-refractivity contribution >= 4 is 10.8 Å². The first kappa shape index (κ1) is 13.6.